The molecule has 0 bridgehead atoms. The Morgan fingerprint density at radius 3 is 2.79 bits per heavy atom. The summed E-state index contributed by atoms with van der Waals surface area (Å²) >= 11 is 0. The molecule has 4 aliphatic rings. The van der Waals surface area contributed by atoms with Crippen molar-refractivity contribution in [2.24, 2.45) is 22.7 Å². The highest BCUT2D eigenvalue weighted by Crippen LogP contribution is 2.64. The van der Waals surface area contributed by atoms with E-state index in [0.717, 1.165) is 64.1 Å². The van der Waals surface area contributed by atoms with Crippen molar-refractivity contribution in [1.29, 1.82) is 0 Å². The van der Waals surface area contributed by atoms with Crippen LogP contribution in [0, 0.1) is 22.7 Å². The molecule has 0 radical (unpaired) electrons. The second-order valence-corrected chi connectivity index (χ2v) is 10.1. The molecule has 0 aromatic heterocycles. The van der Waals surface area contributed by atoms with E-state index < -0.39 is 0 Å². The quantitative estimate of drug-likeness (QED) is 0.179. The van der Waals surface area contributed by atoms with Gasteiger partial charge in [0.05, 0.1) is 6.61 Å². The third-order valence-corrected chi connectivity index (χ3v) is 8.53. The van der Waals surface area contributed by atoms with Crippen LogP contribution in [0.3, 0.4) is 0 Å². The summed E-state index contributed by atoms with van der Waals surface area (Å²) in [5.74, 6) is 2.09. The van der Waals surface area contributed by atoms with Gasteiger partial charge in [-0.15, -0.1) is 0 Å². The molecule has 0 saturated heterocycles. The van der Waals surface area contributed by atoms with Crippen molar-refractivity contribution in [3.05, 3.63) is 34.6 Å². The smallest absolute Gasteiger partial charge is 0.184 e. The van der Waals surface area contributed by atoms with Crippen molar-refractivity contribution < 1.29 is 14.3 Å². The summed E-state index contributed by atoms with van der Waals surface area (Å²) in [5.41, 5.74) is 4.32. The van der Waals surface area contributed by atoms with Crippen molar-refractivity contribution in [3.63, 3.8) is 0 Å². The van der Waals surface area contributed by atoms with Crippen molar-refractivity contribution in [1.82, 2.24) is 0 Å². The topological polar surface area (TPSA) is 43.4 Å². The Balaban J connectivity index is 1.63. The highest BCUT2D eigenvalue weighted by molar-refractivity contribution is 5.92. The lowest BCUT2D eigenvalue weighted by Gasteiger charge is -2.52. The van der Waals surface area contributed by atoms with Gasteiger partial charge in [-0.1, -0.05) is 50.8 Å². The lowest BCUT2D eigenvalue weighted by molar-refractivity contribution is -0.115. The van der Waals surface area contributed by atoms with Crippen molar-refractivity contribution in [2.45, 2.75) is 85.0 Å². The number of hydrogen-bond donors (Lipinski definition) is 0. The molecule has 4 rings (SSSR count). The molecular formula is C26H36O3. The zero-order valence-corrected chi connectivity index (χ0v) is 18.4. The van der Waals surface area contributed by atoms with Gasteiger partial charge in [0.25, 0.3) is 0 Å². The van der Waals surface area contributed by atoms with E-state index in [1.54, 1.807) is 5.57 Å². The Bertz CT molecular complexity index is 786. The van der Waals surface area contributed by atoms with Crippen LogP contribution in [-0.4, -0.2) is 18.7 Å². The van der Waals surface area contributed by atoms with Gasteiger partial charge in [0.2, 0.25) is 0 Å². The van der Waals surface area contributed by atoms with Crippen molar-refractivity contribution >= 4 is 12.1 Å². The van der Waals surface area contributed by atoms with Crippen LogP contribution in [0.4, 0.5) is 0 Å². The summed E-state index contributed by atoms with van der Waals surface area (Å²) < 4.78 is 5.99. The zero-order valence-electron chi connectivity index (χ0n) is 18.4. The predicted molar refractivity (Wildman–Crippen MR) is 115 cm³/mol. The summed E-state index contributed by atoms with van der Waals surface area (Å²) in [5, 5.41) is 0. The molecule has 4 aliphatic carbocycles. The average Bonchev–Trinajstić information content (AvgIpc) is 3.06. The van der Waals surface area contributed by atoms with Gasteiger partial charge in [0.1, 0.15) is 0 Å². The van der Waals surface area contributed by atoms with Crippen molar-refractivity contribution in [2.75, 3.05) is 6.61 Å². The highest BCUT2D eigenvalue weighted by atomic mass is 16.5. The minimum Gasteiger partial charge on any atom is -0.490 e. The van der Waals surface area contributed by atoms with Crippen LogP contribution in [0.2, 0.25) is 0 Å². The highest BCUT2D eigenvalue weighted by Gasteiger charge is 2.55. The number of carbonyl (C=O) groups excluding carboxylic acids is 2. The summed E-state index contributed by atoms with van der Waals surface area (Å²) in [6, 6.07) is 0. The van der Waals surface area contributed by atoms with Crippen LogP contribution in [0.1, 0.15) is 85.0 Å². The number of allylic oxidation sites excluding steroid dienone is 6. The molecule has 158 valence electrons. The molecule has 29 heavy (non-hydrogen) atoms. The largest absolute Gasteiger partial charge is 0.490 e. The molecule has 0 aromatic rings. The fourth-order valence-electron chi connectivity index (χ4n) is 6.81. The maximum atomic E-state index is 12.0. The second-order valence-electron chi connectivity index (χ2n) is 10.1. The number of unbranched alkanes of at least 4 members (excludes halogenated alkanes) is 2. The molecule has 0 spiro atoms. The summed E-state index contributed by atoms with van der Waals surface area (Å²) in [7, 11) is 0. The fourth-order valence-corrected chi connectivity index (χ4v) is 6.81. The SMILES string of the molecule is CCCCCOC(C=O)=C1CC[C@H]2[C@@H]3CCC4=CC(=O)CC[C@]4(C)C3=CC[C@]12C. The Kier molecular flexibility index (Phi) is 5.61. The molecule has 0 unspecified atom stereocenters. The van der Waals surface area contributed by atoms with E-state index in [4.69, 9.17) is 4.74 Å². The maximum absolute atomic E-state index is 12.0. The van der Waals surface area contributed by atoms with Gasteiger partial charge in [-0.05, 0) is 73.8 Å². The molecule has 2 fully saturated rings. The third-order valence-electron chi connectivity index (χ3n) is 8.53. The monoisotopic (exact) mass is 396 g/mol. The standard InChI is InChI=1S/C26H36O3/c1-4-5-6-15-29-24(17-27)23-10-9-21-20-8-7-18-16-19(28)11-13-25(18,2)22(20)12-14-26(21,23)3/h12,16-17,20-21H,4-11,13-15H2,1-3H3/t20-,21-,25-,26-/m0/s1. The number of ketones is 1. The molecule has 0 aliphatic heterocycles. The lowest BCUT2D eigenvalue weighted by atomic mass is 9.51. The van der Waals surface area contributed by atoms with Gasteiger partial charge in [0, 0.05) is 11.8 Å². The molecule has 3 heteroatoms. The number of ether oxygens (including phenoxy) is 1. The lowest BCUT2D eigenvalue weighted by Crippen LogP contribution is -2.43. The van der Waals surface area contributed by atoms with Gasteiger partial charge in [-0.25, -0.2) is 0 Å². The number of fused-ring (bicyclic) bond motifs is 5. The Labute approximate surface area is 175 Å². The van der Waals surface area contributed by atoms with E-state index in [1.165, 1.54) is 11.1 Å². The van der Waals surface area contributed by atoms with Gasteiger partial charge < -0.3 is 4.74 Å². The van der Waals surface area contributed by atoms with E-state index >= 15 is 0 Å². The molecule has 2 saturated carbocycles. The molecule has 0 N–H and O–H groups in total. The number of aldehydes is 1. The van der Waals surface area contributed by atoms with Crippen LogP contribution in [-0.2, 0) is 14.3 Å². The molecule has 0 amide bonds. The van der Waals surface area contributed by atoms with Gasteiger partial charge >= 0.3 is 0 Å². The van der Waals surface area contributed by atoms with E-state index in [9.17, 15) is 9.59 Å². The van der Waals surface area contributed by atoms with E-state index in [2.05, 4.69) is 26.8 Å². The summed E-state index contributed by atoms with van der Waals surface area (Å²) in [4.78, 5) is 23.9. The van der Waals surface area contributed by atoms with Crippen LogP contribution >= 0.6 is 0 Å². The normalized spacial score (nSPS) is 37.7. The zero-order chi connectivity index (χ0) is 20.6. The molecule has 4 atom stereocenters. The van der Waals surface area contributed by atoms with E-state index in [0.29, 0.717) is 36.4 Å². The Morgan fingerprint density at radius 1 is 1.21 bits per heavy atom. The number of carbonyl (C=O) groups is 2. The van der Waals surface area contributed by atoms with Crippen LogP contribution in [0.5, 0.6) is 0 Å². The Hall–Kier alpha value is -1.64. The van der Waals surface area contributed by atoms with Crippen LogP contribution < -0.4 is 0 Å². The maximum Gasteiger partial charge on any atom is 0.184 e. The van der Waals surface area contributed by atoms with Gasteiger partial charge in [-0.3, -0.25) is 9.59 Å². The fraction of sp³-hybridized carbons (Fsp3) is 0.692. The first-order chi connectivity index (χ1) is 13.9. The first-order valence-electron chi connectivity index (χ1n) is 11.7. The predicted octanol–water partition coefficient (Wildman–Crippen LogP) is 6.10. The minimum atomic E-state index is 0.0389. The number of hydrogen-bond acceptors (Lipinski definition) is 3. The first-order valence-corrected chi connectivity index (χ1v) is 11.7. The van der Waals surface area contributed by atoms with Crippen LogP contribution in [0.25, 0.3) is 0 Å². The molecule has 0 heterocycles. The van der Waals surface area contributed by atoms with E-state index in [-0.39, 0.29) is 10.8 Å². The minimum absolute atomic E-state index is 0.0389. The average molecular weight is 397 g/mol. The first kappa shape index (κ1) is 20.6. The van der Waals surface area contributed by atoms with Gasteiger partial charge in [0.15, 0.2) is 17.8 Å². The molecule has 0 aromatic carbocycles. The summed E-state index contributed by atoms with van der Waals surface area (Å²) in [6.45, 7) is 7.56. The third kappa shape index (κ3) is 3.35. The number of rotatable bonds is 6. The Morgan fingerprint density at radius 2 is 2.03 bits per heavy atom. The summed E-state index contributed by atoms with van der Waals surface area (Å²) in [6.07, 6.45) is 15.7. The molecule has 3 nitrogen and oxygen atoms in total. The van der Waals surface area contributed by atoms with Gasteiger partial charge in [-0.2, -0.15) is 0 Å². The molecular weight excluding hydrogens is 360 g/mol. The van der Waals surface area contributed by atoms with Crippen LogP contribution in [0.15, 0.2) is 34.6 Å². The second kappa shape index (κ2) is 7.89. The van der Waals surface area contributed by atoms with E-state index in [1.807, 2.05) is 6.08 Å². The van der Waals surface area contributed by atoms with Crippen molar-refractivity contribution in [3.8, 4) is 0 Å².